The Balaban J connectivity index is 1.09. The summed E-state index contributed by atoms with van der Waals surface area (Å²) in [6.07, 6.45) is 8.03. The molecule has 0 saturated carbocycles. The van der Waals surface area contributed by atoms with Gasteiger partial charge in [-0.2, -0.15) is 0 Å². The van der Waals surface area contributed by atoms with Gasteiger partial charge in [-0.25, -0.2) is 0 Å². The number of fused-ring (bicyclic) bond motifs is 8. The van der Waals surface area contributed by atoms with E-state index < -0.39 is 0 Å². The van der Waals surface area contributed by atoms with Gasteiger partial charge in [-0.05, 0) is 109 Å². The molecule has 1 aliphatic carbocycles. The number of rotatable bonds is 7. The lowest BCUT2D eigenvalue weighted by molar-refractivity contribution is 0.597. The first-order valence-electron chi connectivity index (χ1n) is 21.9. The molecule has 0 fully saturated rings. The molecule has 0 spiro atoms. The van der Waals surface area contributed by atoms with Crippen LogP contribution in [0.2, 0.25) is 0 Å². The minimum Gasteiger partial charge on any atom is -0.455 e. The summed E-state index contributed by atoms with van der Waals surface area (Å²) >= 11 is 0. The van der Waals surface area contributed by atoms with Gasteiger partial charge >= 0.3 is 0 Å². The summed E-state index contributed by atoms with van der Waals surface area (Å²) in [5, 5.41) is 9.67. The highest BCUT2D eigenvalue weighted by Crippen LogP contribution is 2.47. The zero-order valence-corrected chi connectivity index (χ0v) is 35.0. The van der Waals surface area contributed by atoms with E-state index in [2.05, 4.69) is 242 Å². The molecule has 0 bridgehead atoms. The van der Waals surface area contributed by atoms with Gasteiger partial charge in [0.15, 0.2) is 0 Å². The van der Waals surface area contributed by atoms with Gasteiger partial charge in [0, 0.05) is 38.5 Å². The van der Waals surface area contributed by atoms with Crippen LogP contribution in [0.5, 0.6) is 0 Å². The standard InChI is InChI=1S/C61H43NO/c1-61(56-26-13-27-58-59(56)55-37-31-45-20-9-11-23-52(45)60(55)63-58)38-14-21-48(40-61)62(47-33-28-42(29-34-47)41-15-4-2-5-16-41)57-39-46(32-35-51(57)43-17-6-3-7-18-43)50-24-12-25-53-49-22-10-8-19-44(49)30-36-54(50)53/h2-37,39-40H,38H2,1H3. The Morgan fingerprint density at radius 2 is 1.10 bits per heavy atom. The van der Waals surface area contributed by atoms with Crippen molar-refractivity contribution in [2.75, 3.05) is 4.90 Å². The maximum absolute atomic E-state index is 6.73. The lowest BCUT2D eigenvalue weighted by Crippen LogP contribution is -2.26. The summed E-state index contributed by atoms with van der Waals surface area (Å²) < 4.78 is 6.73. The second-order valence-corrected chi connectivity index (χ2v) is 17.1. The average Bonchev–Trinajstić information content (AvgIpc) is 3.74. The van der Waals surface area contributed by atoms with Gasteiger partial charge < -0.3 is 9.32 Å². The van der Waals surface area contributed by atoms with E-state index >= 15 is 0 Å². The number of furan rings is 1. The zero-order chi connectivity index (χ0) is 41.9. The summed E-state index contributed by atoms with van der Waals surface area (Å²) in [5.41, 5.74) is 13.2. The smallest absolute Gasteiger partial charge is 0.143 e. The first-order chi connectivity index (χ1) is 31.1. The summed E-state index contributed by atoms with van der Waals surface area (Å²) in [5.74, 6) is 0. The van der Waals surface area contributed by atoms with Crippen LogP contribution in [0.15, 0.2) is 241 Å². The Morgan fingerprint density at radius 1 is 0.460 bits per heavy atom. The molecular weight excluding hydrogens is 763 g/mol. The first kappa shape index (κ1) is 36.9. The molecule has 1 heterocycles. The third-order valence-corrected chi connectivity index (χ3v) is 13.2. The van der Waals surface area contributed by atoms with Crippen molar-refractivity contribution in [2.24, 2.45) is 0 Å². The summed E-state index contributed by atoms with van der Waals surface area (Å²) in [6, 6.07) is 77.1. The van der Waals surface area contributed by atoms with Gasteiger partial charge in [0.2, 0.25) is 0 Å². The Labute approximate surface area is 367 Å². The Kier molecular flexibility index (Phi) is 8.72. The van der Waals surface area contributed by atoms with Crippen molar-refractivity contribution in [3.63, 3.8) is 0 Å². The third kappa shape index (κ3) is 6.25. The third-order valence-electron chi connectivity index (χ3n) is 13.2. The van der Waals surface area contributed by atoms with Gasteiger partial charge in [0.1, 0.15) is 11.2 Å². The topological polar surface area (TPSA) is 16.4 Å². The fraction of sp³-hybridized carbons (Fsp3) is 0.0492. The minimum absolute atomic E-state index is 0.352. The predicted octanol–water partition coefficient (Wildman–Crippen LogP) is 17.0. The molecule has 2 heteroatoms. The van der Waals surface area contributed by atoms with Crippen LogP contribution in [0.3, 0.4) is 0 Å². The second-order valence-electron chi connectivity index (χ2n) is 17.1. The van der Waals surface area contributed by atoms with Gasteiger partial charge in [0.05, 0.1) is 5.69 Å². The zero-order valence-electron chi connectivity index (χ0n) is 35.0. The van der Waals surface area contributed by atoms with E-state index in [4.69, 9.17) is 4.42 Å². The molecule has 1 atom stereocenters. The number of allylic oxidation sites excluding steroid dienone is 3. The van der Waals surface area contributed by atoms with Crippen molar-refractivity contribution in [1.29, 1.82) is 0 Å². The maximum atomic E-state index is 6.73. The van der Waals surface area contributed by atoms with Crippen LogP contribution in [0.25, 0.3) is 87.6 Å². The Bertz CT molecular complexity index is 3600. The van der Waals surface area contributed by atoms with E-state index in [-0.39, 0.29) is 5.41 Å². The fourth-order valence-electron chi connectivity index (χ4n) is 10.1. The normalized spacial score (nSPS) is 15.1. The molecule has 10 aromatic carbocycles. The molecule has 0 saturated heterocycles. The van der Waals surface area contributed by atoms with E-state index in [9.17, 15) is 0 Å². The molecule has 0 radical (unpaired) electrons. The average molecular weight is 806 g/mol. The predicted molar refractivity (Wildman–Crippen MR) is 267 cm³/mol. The molecule has 1 unspecified atom stereocenters. The lowest BCUT2D eigenvalue weighted by atomic mass is 9.74. The number of hydrogen-bond donors (Lipinski definition) is 0. The quantitative estimate of drug-likeness (QED) is 0.149. The number of nitrogens with zero attached hydrogens (tertiary/aromatic N) is 1. The fourth-order valence-corrected chi connectivity index (χ4v) is 10.1. The summed E-state index contributed by atoms with van der Waals surface area (Å²) in [7, 11) is 0. The highest BCUT2D eigenvalue weighted by molar-refractivity contribution is 6.16. The van der Waals surface area contributed by atoms with Crippen LogP contribution in [-0.2, 0) is 5.41 Å². The summed E-state index contributed by atoms with van der Waals surface area (Å²) in [4.78, 5) is 2.48. The molecule has 2 nitrogen and oxygen atoms in total. The van der Waals surface area contributed by atoms with E-state index in [1.807, 2.05) is 0 Å². The van der Waals surface area contributed by atoms with E-state index in [1.54, 1.807) is 0 Å². The van der Waals surface area contributed by atoms with Crippen molar-refractivity contribution >= 4 is 65.6 Å². The van der Waals surface area contributed by atoms with Crippen LogP contribution in [0.4, 0.5) is 11.4 Å². The van der Waals surface area contributed by atoms with Crippen LogP contribution in [0, 0.1) is 0 Å². The van der Waals surface area contributed by atoms with Crippen LogP contribution in [0.1, 0.15) is 18.9 Å². The molecular formula is C61H43NO. The highest BCUT2D eigenvalue weighted by Gasteiger charge is 2.32. The van der Waals surface area contributed by atoms with Crippen molar-refractivity contribution in [3.8, 4) is 33.4 Å². The van der Waals surface area contributed by atoms with E-state index in [0.29, 0.717) is 0 Å². The van der Waals surface area contributed by atoms with Crippen molar-refractivity contribution in [2.45, 2.75) is 18.8 Å². The molecule has 0 aliphatic heterocycles. The minimum atomic E-state index is -0.352. The molecule has 0 N–H and O–H groups in total. The molecule has 298 valence electrons. The van der Waals surface area contributed by atoms with Gasteiger partial charge in [-0.1, -0.05) is 195 Å². The van der Waals surface area contributed by atoms with Crippen molar-refractivity contribution in [3.05, 3.63) is 242 Å². The molecule has 1 aromatic heterocycles. The van der Waals surface area contributed by atoms with Crippen molar-refractivity contribution < 1.29 is 4.42 Å². The molecule has 12 rings (SSSR count). The molecule has 0 amide bonds. The number of benzene rings is 10. The van der Waals surface area contributed by atoms with Gasteiger partial charge in [-0.3, -0.25) is 0 Å². The molecule has 11 aromatic rings. The second kappa shape index (κ2) is 14.9. The van der Waals surface area contributed by atoms with E-state index in [0.717, 1.165) is 51.0 Å². The van der Waals surface area contributed by atoms with Crippen molar-refractivity contribution in [1.82, 2.24) is 0 Å². The highest BCUT2D eigenvalue weighted by atomic mass is 16.3. The number of anilines is 2. The van der Waals surface area contributed by atoms with Crippen LogP contribution >= 0.6 is 0 Å². The molecule has 63 heavy (non-hydrogen) atoms. The monoisotopic (exact) mass is 805 g/mol. The number of hydrogen-bond acceptors (Lipinski definition) is 2. The van der Waals surface area contributed by atoms with Gasteiger partial charge in [0.25, 0.3) is 0 Å². The molecule has 1 aliphatic rings. The van der Waals surface area contributed by atoms with Gasteiger partial charge in [-0.15, -0.1) is 0 Å². The Morgan fingerprint density at radius 3 is 1.89 bits per heavy atom. The van der Waals surface area contributed by atoms with Crippen LogP contribution < -0.4 is 4.90 Å². The van der Waals surface area contributed by atoms with E-state index in [1.165, 1.54) is 65.7 Å². The Hall–Kier alpha value is -7.94. The SMILES string of the molecule is CC1(c2cccc3oc4c5ccccc5ccc4c23)C=C(N(c2ccc(-c3ccccc3)cc2)c2cc(-c3cccc4c3ccc3ccccc34)ccc2-c2ccccc2)C=CC1. The first-order valence-corrected chi connectivity index (χ1v) is 21.9. The summed E-state index contributed by atoms with van der Waals surface area (Å²) in [6.45, 7) is 2.39. The van der Waals surface area contributed by atoms with Crippen LogP contribution in [-0.4, -0.2) is 0 Å². The maximum Gasteiger partial charge on any atom is 0.143 e. The largest absolute Gasteiger partial charge is 0.455 e. The lowest BCUT2D eigenvalue weighted by Gasteiger charge is -2.36.